The number of aliphatic hydroxyl groups excluding tert-OH is 1. The Labute approximate surface area is 81.6 Å². The molecule has 1 aromatic carbocycles. The summed E-state index contributed by atoms with van der Waals surface area (Å²) in [5.41, 5.74) is 2.40. The number of aliphatic hydroxyl groups is 1. The summed E-state index contributed by atoms with van der Waals surface area (Å²) in [5, 5.41) is 9.17. The molecule has 1 nitrogen and oxygen atoms in total. The average molecular weight is 229 g/mol. The molecule has 0 amide bonds. The van der Waals surface area contributed by atoms with Gasteiger partial charge in [0.2, 0.25) is 0 Å². The van der Waals surface area contributed by atoms with Crippen LogP contribution in [0.4, 0.5) is 0 Å². The van der Waals surface area contributed by atoms with E-state index < -0.39 is 0 Å². The van der Waals surface area contributed by atoms with E-state index in [1.807, 2.05) is 6.07 Å². The van der Waals surface area contributed by atoms with E-state index in [0.717, 1.165) is 10.9 Å². The van der Waals surface area contributed by atoms with Crippen LogP contribution in [0, 0.1) is 6.92 Å². The summed E-state index contributed by atoms with van der Waals surface area (Å²) < 4.78 is 1.08. The van der Waals surface area contributed by atoms with Crippen LogP contribution in [0.5, 0.6) is 0 Å². The van der Waals surface area contributed by atoms with Crippen molar-refractivity contribution in [3.63, 3.8) is 0 Å². The summed E-state index contributed by atoms with van der Waals surface area (Å²) in [5.74, 6) is 0. The molecule has 0 radical (unpaired) electrons. The summed E-state index contributed by atoms with van der Waals surface area (Å²) >= 11 is 3.42. The van der Waals surface area contributed by atoms with Crippen LogP contribution in [0.25, 0.3) is 0 Å². The number of hydrogen-bond donors (Lipinski definition) is 1. The number of benzene rings is 1. The molecule has 66 valence electrons. The van der Waals surface area contributed by atoms with E-state index in [9.17, 15) is 5.11 Å². The van der Waals surface area contributed by atoms with Crippen LogP contribution < -0.4 is 0 Å². The molecule has 12 heavy (non-hydrogen) atoms. The topological polar surface area (TPSA) is 20.2 Å². The molecular weight excluding hydrogens is 216 g/mol. The highest BCUT2D eigenvalue weighted by molar-refractivity contribution is 9.10. The zero-order valence-corrected chi connectivity index (χ0v) is 8.93. The lowest BCUT2D eigenvalue weighted by Crippen LogP contribution is -2.04. The fourth-order valence-corrected chi connectivity index (χ4v) is 1.93. The quantitative estimate of drug-likeness (QED) is 0.826. The van der Waals surface area contributed by atoms with Gasteiger partial charge in [0, 0.05) is 4.47 Å². The number of halogens is 1. The van der Waals surface area contributed by atoms with Gasteiger partial charge in [-0.3, -0.25) is 0 Å². The van der Waals surface area contributed by atoms with E-state index in [2.05, 4.69) is 35.0 Å². The second kappa shape index (κ2) is 4.06. The second-order valence-corrected chi connectivity index (χ2v) is 4.11. The Balaban J connectivity index is 2.85. The van der Waals surface area contributed by atoms with Crippen molar-refractivity contribution in [2.75, 3.05) is 0 Å². The second-order valence-electron chi connectivity index (χ2n) is 3.19. The van der Waals surface area contributed by atoms with Crippen molar-refractivity contribution in [2.45, 2.75) is 26.4 Å². The van der Waals surface area contributed by atoms with Gasteiger partial charge in [0.15, 0.2) is 0 Å². The SMILES string of the molecule is Cc1cc(Br)cc(C[C@H](C)O)c1. The standard InChI is InChI=1S/C10H13BrO/c1-7-3-9(5-8(2)12)6-10(11)4-7/h3-4,6,8,12H,5H2,1-2H3/t8-/m0/s1. The summed E-state index contributed by atoms with van der Waals surface area (Å²) in [6.45, 7) is 3.85. The number of aryl methyl sites for hydroxylation is 1. The minimum Gasteiger partial charge on any atom is -0.393 e. The molecule has 1 atom stereocenters. The Kier molecular flexibility index (Phi) is 3.29. The van der Waals surface area contributed by atoms with E-state index in [0.29, 0.717) is 0 Å². The van der Waals surface area contributed by atoms with Crippen LogP contribution in [-0.4, -0.2) is 11.2 Å². The third-order valence-corrected chi connectivity index (χ3v) is 2.09. The highest BCUT2D eigenvalue weighted by Crippen LogP contribution is 2.16. The summed E-state index contributed by atoms with van der Waals surface area (Å²) in [6, 6.07) is 6.20. The van der Waals surface area contributed by atoms with E-state index >= 15 is 0 Å². The first-order valence-corrected chi connectivity index (χ1v) is 4.81. The van der Waals surface area contributed by atoms with Crippen LogP contribution in [0.2, 0.25) is 0 Å². The van der Waals surface area contributed by atoms with Gasteiger partial charge in [-0.15, -0.1) is 0 Å². The normalized spacial score (nSPS) is 13.0. The maximum absolute atomic E-state index is 9.17. The Morgan fingerprint density at radius 3 is 2.58 bits per heavy atom. The fraction of sp³-hybridized carbons (Fsp3) is 0.400. The lowest BCUT2D eigenvalue weighted by molar-refractivity contribution is 0.195. The van der Waals surface area contributed by atoms with Crippen molar-refractivity contribution in [3.8, 4) is 0 Å². The Morgan fingerprint density at radius 2 is 2.08 bits per heavy atom. The third-order valence-electron chi connectivity index (χ3n) is 1.63. The molecule has 1 aromatic rings. The van der Waals surface area contributed by atoms with Gasteiger partial charge in [0.1, 0.15) is 0 Å². The molecule has 0 bridgehead atoms. The van der Waals surface area contributed by atoms with Crippen molar-refractivity contribution >= 4 is 15.9 Å². The van der Waals surface area contributed by atoms with E-state index in [-0.39, 0.29) is 6.10 Å². The predicted molar refractivity (Wildman–Crippen MR) is 54.3 cm³/mol. The Bertz CT molecular complexity index is 248. The number of hydrogen-bond acceptors (Lipinski definition) is 1. The van der Waals surface area contributed by atoms with Gasteiger partial charge in [-0.25, -0.2) is 0 Å². The van der Waals surface area contributed by atoms with Gasteiger partial charge in [0.25, 0.3) is 0 Å². The van der Waals surface area contributed by atoms with Crippen LogP contribution in [-0.2, 0) is 6.42 Å². The predicted octanol–water partition coefficient (Wildman–Crippen LogP) is 2.68. The van der Waals surface area contributed by atoms with Gasteiger partial charge in [0.05, 0.1) is 6.10 Å². The largest absolute Gasteiger partial charge is 0.393 e. The molecule has 2 heteroatoms. The van der Waals surface area contributed by atoms with Gasteiger partial charge >= 0.3 is 0 Å². The minimum atomic E-state index is -0.265. The fourth-order valence-electron chi connectivity index (χ4n) is 1.27. The molecule has 0 saturated heterocycles. The molecule has 1 rings (SSSR count). The van der Waals surface area contributed by atoms with E-state index in [1.54, 1.807) is 6.92 Å². The number of rotatable bonds is 2. The zero-order chi connectivity index (χ0) is 9.14. The molecule has 0 aliphatic rings. The van der Waals surface area contributed by atoms with Crippen LogP contribution >= 0.6 is 15.9 Å². The molecule has 0 aliphatic carbocycles. The van der Waals surface area contributed by atoms with Crippen molar-refractivity contribution in [1.29, 1.82) is 0 Å². The van der Waals surface area contributed by atoms with Crippen LogP contribution in [0.15, 0.2) is 22.7 Å². The highest BCUT2D eigenvalue weighted by Gasteiger charge is 2.00. The Hall–Kier alpha value is -0.340. The van der Waals surface area contributed by atoms with Crippen molar-refractivity contribution in [1.82, 2.24) is 0 Å². The van der Waals surface area contributed by atoms with Crippen LogP contribution in [0.1, 0.15) is 18.1 Å². The lowest BCUT2D eigenvalue weighted by atomic mass is 10.1. The van der Waals surface area contributed by atoms with Crippen molar-refractivity contribution in [2.24, 2.45) is 0 Å². The first kappa shape index (κ1) is 9.75. The lowest BCUT2D eigenvalue weighted by Gasteiger charge is -2.05. The molecule has 0 aromatic heterocycles. The highest BCUT2D eigenvalue weighted by atomic mass is 79.9. The maximum atomic E-state index is 9.17. The van der Waals surface area contributed by atoms with Crippen molar-refractivity contribution in [3.05, 3.63) is 33.8 Å². The minimum absolute atomic E-state index is 0.265. The third kappa shape index (κ3) is 2.95. The average Bonchev–Trinajstić information content (AvgIpc) is 1.81. The molecule has 0 fully saturated rings. The van der Waals surface area contributed by atoms with Gasteiger partial charge in [-0.05, 0) is 43.5 Å². The molecule has 0 saturated carbocycles. The molecule has 0 heterocycles. The zero-order valence-electron chi connectivity index (χ0n) is 7.34. The molecule has 0 unspecified atom stereocenters. The van der Waals surface area contributed by atoms with Gasteiger partial charge < -0.3 is 5.11 Å². The molecule has 0 aliphatic heterocycles. The molecule has 0 spiro atoms. The summed E-state index contributed by atoms with van der Waals surface area (Å²) in [7, 11) is 0. The van der Waals surface area contributed by atoms with E-state index in [1.165, 1.54) is 11.1 Å². The van der Waals surface area contributed by atoms with Crippen molar-refractivity contribution < 1.29 is 5.11 Å². The smallest absolute Gasteiger partial charge is 0.0552 e. The first-order valence-electron chi connectivity index (χ1n) is 4.02. The van der Waals surface area contributed by atoms with E-state index in [4.69, 9.17) is 0 Å². The Morgan fingerprint density at radius 1 is 1.42 bits per heavy atom. The molecular formula is C10H13BrO. The van der Waals surface area contributed by atoms with Gasteiger partial charge in [-0.2, -0.15) is 0 Å². The monoisotopic (exact) mass is 228 g/mol. The summed E-state index contributed by atoms with van der Waals surface area (Å²) in [6.07, 6.45) is 0.457. The maximum Gasteiger partial charge on any atom is 0.0552 e. The molecule has 1 N–H and O–H groups in total. The van der Waals surface area contributed by atoms with Gasteiger partial charge in [-0.1, -0.05) is 22.0 Å². The van der Waals surface area contributed by atoms with Crippen LogP contribution in [0.3, 0.4) is 0 Å². The summed E-state index contributed by atoms with van der Waals surface area (Å²) in [4.78, 5) is 0. The first-order chi connectivity index (χ1) is 5.58.